The lowest BCUT2D eigenvalue weighted by molar-refractivity contribution is 0.0290. The first-order valence-corrected chi connectivity index (χ1v) is 5.46. The van der Waals surface area contributed by atoms with Gasteiger partial charge in [0.1, 0.15) is 6.10 Å². The molecular weight excluding hydrogens is 202 g/mol. The van der Waals surface area contributed by atoms with Crippen LogP contribution in [0.15, 0.2) is 30.3 Å². The van der Waals surface area contributed by atoms with Crippen molar-refractivity contribution >= 4 is 0 Å². The van der Waals surface area contributed by atoms with Gasteiger partial charge in [0.25, 0.3) is 0 Å². The minimum atomic E-state index is -0.886. The van der Waals surface area contributed by atoms with E-state index < -0.39 is 6.10 Å². The molecule has 0 aliphatic heterocycles. The van der Waals surface area contributed by atoms with Crippen LogP contribution in [0.1, 0.15) is 18.4 Å². The normalized spacial score (nSPS) is 18.8. The molecule has 0 bridgehead atoms. The minimum absolute atomic E-state index is 0.288. The molecular formula is C13H15NO2. The molecule has 3 heteroatoms. The van der Waals surface area contributed by atoms with Crippen LogP contribution in [0.25, 0.3) is 0 Å². The van der Waals surface area contributed by atoms with E-state index in [1.54, 1.807) is 0 Å². The highest BCUT2D eigenvalue weighted by Crippen LogP contribution is 2.48. The number of aliphatic hydroxyl groups is 1. The van der Waals surface area contributed by atoms with E-state index in [0.717, 1.165) is 18.4 Å². The molecule has 1 aromatic carbocycles. The van der Waals surface area contributed by atoms with Crippen LogP contribution in [-0.2, 0) is 11.3 Å². The monoisotopic (exact) mass is 217 g/mol. The van der Waals surface area contributed by atoms with Gasteiger partial charge in [-0.3, -0.25) is 0 Å². The number of aliphatic hydroxyl groups excluding tert-OH is 1. The second kappa shape index (κ2) is 4.65. The summed E-state index contributed by atoms with van der Waals surface area (Å²) >= 11 is 0. The molecule has 1 aliphatic carbocycles. The Hall–Kier alpha value is -1.37. The maximum absolute atomic E-state index is 9.50. The number of benzene rings is 1. The van der Waals surface area contributed by atoms with Gasteiger partial charge < -0.3 is 9.84 Å². The van der Waals surface area contributed by atoms with E-state index in [1.807, 2.05) is 36.4 Å². The Morgan fingerprint density at radius 3 is 2.62 bits per heavy atom. The first-order chi connectivity index (χ1) is 7.77. The Balaban J connectivity index is 1.79. The molecule has 1 aliphatic rings. The lowest BCUT2D eigenvalue weighted by Gasteiger charge is -2.16. The molecule has 0 aromatic heterocycles. The maximum Gasteiger partial charge on any atom is 0.148 e. The van der Waals surface area contributed by atoms with E-state index >= 15 is 0 Å². The van der Waals surface area contributed by atoms with Crippen LogP contribution in [0.3, 0.4) is 0 Å². The zero-order valence-electron chi connectivity index (χ0n) is 9.10. The Labute approximate surface area is 95.3 Å². The summed E-state index contributed by atoms with van der Waals surface area (Å²) in [5, 5.41) is 18.2. The highest BCUT2D eigenvalue weighted by atomic mass is 16.5. The van der Waals surface area contributed by atoms with Crippen LogP contribution in [0.5, 0.6) is 0 Å². The second-order valence-electron chi connectivity index (χ2n) is 4.37. The fourth-order valence-electron chi connectivity index (χ4n) is 1.74. The summed E-state index contributed by atoms with van der Waals surface area (Å²) in [6.07, 6.45) is 0.885. The van der Waals surface area contributed by atoms with E-state index in [4.69, 9.17) is 10.00 Å². The molecule has 84 valence electrons. The molecule has 0 spiro atoms. The predicted molar refractivity (Wildman–Crippen MR) is 59.4 cm³/mol. The summed E-state index contributed by atoms with van der Waals surface area (Å²) in [7, 11) is 0. The highest BCUT2D eigenvalue weighted by molar-refractivity contribution is 5.13. The van der Waals surface area contributed by atoms with Crippen LogP contribution < -0.4 is 0 Å². The van der Waals surface area contributed by atoms with Gasteiger partial charge in [-0.05, 0) is 18.4 Å². The first-order valence-electron chi connectivity index (χ1n) is 5.46. The molecule has 2 rings (SSSR count). The number of rotatable bonds is 5. The highest BCUT2D eigenvalue weighted by Gasteiger charge is 2.49. The van der Waals surface area contributed by atoms with Crippen molar-refractivity contribution in [3.8, 4) is 6.07 Å². The van der Waals surface area contributed by atoms with Crippen molar-refractivity contribution in [1.29, 1.82) is 5.26 Å². The third-order valence-corrected chi connectivity index (χ3v) is 3.10. The molecule has 0 saturated heterocycles. The fourth-order valence-corrected chi connectivity index (χ4v) is 1.74. The van der Waals surface area contributed by atoms with E-state index in [2.05, 4.69) is 0 Å². The van der Waals surface area contributed by atoms with Crippen LogP contribution >= 0.6 is 0 Å². The van der Waals surface area contributed by atoms with E-state index in [1.165, 1.54) is 0 Å². The van der Waals surface area contributed by atoms with Gasteiger partial charge in [-0.2, -0.15) is 5.26 Å². The number of nitriles is 1. The summed E-state index contributed by atoms with van der Waals surface area (Å²) in [5.74, 6) is 0. The summed E-state index contributed by atoms with van der Waals surface area (Å²) in [6.45, 7) is 1.01. The molecule has 1 atom stereocenters. The zero-order chi connectivity index (χ0) is 11.4. The van der Waals surface area contributed by atoms with E-state index in [9.17, 15) is 5.11 Å². The van der Waals surface area contributed by atoms with Crippen molar-refractivity contribution < 1.29 is 9.84 Å². The lowest BCUT2D eigenvalue weighted by atomic mass is 10.0. The average Bonchev–Trinajstić information content (AvgIpc) is 3.11. The van der Waals surface area contributed by atoms with Crippen LogP contribution in [0, 0.1) is 16.7 Å². The Morgan fingerprint density at radius 1 is 1.38 bits per heavy atom. The van der Waals surface area contributed by atoms with Crippen molar-refractivity contribution in [1.82, 2.24) is 0 Å². The standard InChI is InChI=1S/C13H15NO2/c14-8-12(15)13(6-7-13)10-16-9-11-4-2-1-3-5-11/h1-5,12,15H,6-7,9-10H2. The van der Waals surface area contributed by atoms with Crippen LogP contribution in [-0.4, -0.2) is 17.8 Å². The number of hydrogen-bond donors (Lipinski definition) is 1. The SMILES string of the molecule is N#CC(O)C1(COCc2ccccc2)CC1. The number of ether oxygens (including phenoxy) is 1. The van der Waals surface area contributed by atoms with Crippen molar-refractivity contribution in [2.45, 2.75) is 25.6 Å². The van der Waals surface area contributed by atoms with Gasteiger partial charge in [-0.15, -0.1) is 0 Å². The summed E-state index contributed by atoms with van der Waals surface area (Å²) in [4.78, 5) is 0. The molecule has 0 radical (unpaired) electrons. The minimum Gasteiger partial charge on any atom is -0.377 e. The van der Waals surface area contributed by atoms with Crippen molar-refractivity contribution in [3.05, 3.63) is 35.9 Å². The van der Waals surface area contributed by atoms with Crippen molar-refractivity contribution in [2.75, 3.05) is 6.61 Å². The summed E-state index contributed by atoms with van der Waals surface area (Å²) in [6, 6.07) is 11.8. The third-order valence-electron chi connectivity index (χ3n) is 3.10. The molecule has 1 saturated carbocycles. The fraction of sp³-hybridized carbons (Fsp3) is 0.462. The molecule has 3 nitrogen and oxygen atoms in total. The number of nitrogens with zero attached hydrogens (tertiary/aromatic N) is 1. The van der Waals surface area contributed by atoms with Gasteiger partial charge in [0.05, 0.1) is 19.3 Å². The quantitative estimate of drug-likeness (QED) is 0.766. The molecule has 0 amide bonds. The maximum atomic E-state index is 9.50. The predicted octanol–water partition coefficient (Wildman–Crippen LogP) is 1.87. The summed E-state index contributed by atoms with van der Waals surface area (Å²) in [5.41, 5.74) is 0.827. The van der Waals surface area contributed by atoms with E-state index in [-0.39, 0.29) is 5.41 Å². The first kappa shape index (κ1) is 11.1. The zero-order valence-corrected chi connectivity index (χ0v) is 9.10. The topological polar surface area (TPSA) is 53.2 Å². The molecule has 1 N–H and O–H groups in total. The third kappa shape index (κ3) is 2.41. The van der Waals surface area contributed by atoms with Crippen LogP contribution in [0.2, 0.25) is 0 Å². The Bertz CT molecular complexity index is 379. The smallest absolute Gasteiger partial charge is 0.148 e. The van der Waals surface area contributed by atoms with Gasteiger partial charge in [0, 0.05) is 5.41 Å². The molecule has 1 unspecified atom stereocenters. The van der Waals surface area contributed by atoms with Gasteiger partial charge in [0.2, 0.25) is 0 Å². The lowest BCUT2D eigenvalue weighted by Crippen LogP contribution is -2.25. The molecule has 1 fully saturated rings. The van der Waals surface area contributed by atoms with Gasteiger partial charge in [-0.25, -0.2) is 0 Å². The van der Waals surface area contributed by atoms with Gasteiger partial charge in [-0.1, -0.05) is 30.3 Å². The van der Waals surface area contributed by atoms with Gasteiger partial charge in [0.15, 0.2) is 0 Å². The Kier molecular flexibility index (Phi) is 3.23. The van der Waals surface area contributed by atoms with Gasteiger partial charge >= 0.3 is 0 Å². The van der Waals surface area contributed by atoms with E-state index in [0.29, 0.717) is 13.2 Å². The van der Waals surface area contributed by atoms with Crippen molar-refractivity contribution in [2.24, 2.45) is 5.41 Å². The average molecular weight is 217 g/mol. The largest absolute Gasteiger partial charge is 0.377 e. The molecule has 1 aromatic rings. The Morgan fingerprint density at radius 2 is 2.06 bits per heavy atom. The van der Waals surface area contributed by atoms with Crippen molar-refractivity contribution in [3.63, 3.8) is 0 Å². The number of hydrogen-bond acceptors (Lipinski definition) is 3. The van der Waals surface area contributed by atoms with Crippen LogP contribution in [0.4, 0.5) is 0 Å². The molecule has 16 heavy (non-hydrogen) atoms. The second-order valence-corrected chi connectivity index (χ2v) is 4.37. The summed E-state index contributed by atoms with van der Waals surface area (Å²) < 4.78 is 5.56. The molecule has 0 heterocycles.